The van der Waals surface area contributed by atoms with Crippen LogP contribution in [0.1, 0.15) is 38.5 Å². The van der Waals surface area contributed by atoms with E-state index in [4.69, 9.17) is 16.6 Å². The number of carbonyl (C=O) groups is 5. The molecule has 0 aromatic heterocycles. The van der Waals surface area contributed by atoms with Crippen molar-refractivity contribution in [3.8, 4) is 0 Å². The molecular weight excluding hydrogens is 430 g/mol. The molecule has 0 saturated carbocycles. The number of nitrogens with one attached hydrogen (secondary N) is 3. The van der Waals surface area contributed by atoms with Crippen molar-refractivity contribution < 1.29 is 34.2 Å². The van der Waals surface area contributed by atoms with E-state index in [0.29, 0.717) is 25.1 Å². The second kappa shape index (κ2) is 16.3. The molecule has 0 spiro atoms. The van der Waals surface area contributed by atoms with Gasteiger partial charge >= 0.3 is 11.9 Å². The van der Waals surface area contributed by atoms with Gasteiger partial charge in [-0.15, -0.1) is 0 Å². The third-order valence-corrected chi connectivity index (χ3v) is 4.90. The van der Waals surface area contributed by atoms with Gasteiger partial charge in [0.15, 0.2) is 0 Å². The maximum absolute atomic E-state index is 12.5. The predicted octanol–water partition coefficient (Wildman–Crippen LogP) is -1.77. The minimum atomic E-state index is -1.18. The highest BCUT2D eigenvalue weighted by Gasteiger charge is 2.26. The minimum absolute atomic E-state index is 0.0811. The zero-order chi connectivity index (χ0) is 23.8. The van der Waals surface area contributed by atoms with Gasteiger partial charge < -0.3 is 37.6 Å². The molecule has 12 nitrogen and oxygen atoms in total. The van der Waals surface area contributed by atoms with Crippen LogP contribution in [0.15, 0.2) is 0 Å². The molecule has 178 valence electrons. The van der Waals surface area contributed by atoms with Crippen molar-refractivity contribution in [2.45, 2.75) is 56.7 Å². The number of rotatable bonds is 17. The lowest BCUT2D eigenvalue weighted by atomic mass is 10.1. The van der Waals surface area contributed by atoms with Gasteiger partial charge in [-0.1, -0.05) is 0 Å². The Morgan fingerprint density at radius 2 is 1.61 bits per heavy atom. The van der Waals surface area contributed by atoms with E-state index in [1.807, 2.05) is 6.26 Å². The Hall–Kier alpha value is -2.38. The second-order valence-electron chi connectivity index (χ2n) is 6.84. The summed E-state index contributed by atoms with van der Waals surface area (Å²) >= 11 is 1.45. The third kappa shape index (κ3) is 13.5. The number of unbranched alkanes of at least 4 members (excludes halogenated alkanes) is 1. The van der Waals surface area contributed by atoms with Gasteiger partial charge in [-0.05, 0) is 50.7 Å². The predicted molar refractivity (Wildman–Crippen MR) is 115 cm³/mol. The van der Waals surface area contributed by atoms with Crippen molar-refractivity contribution in [1.82, 2.24) is 16.0 Å². The van der Waals surface area contributed by atoms with Crippen LogP contribution in [0.4, 0.5) is 0 Å². The molecule has 9 N–H and O–H groups in total. The number of amides is 3. The van der Waals surface area contributed by atoms with Crippen LogP contribution in [0.5, 0.6) is 0 Å². The largest absolute Gasteiger partial charge is 0.481 e. The zero-order valence-electron chi connectivity index (χ0n) is 17.6. The Morgan fingerprint density at radius 1 is 0.935 bits per heavy atom. The number of carboxylic acid groups (broad SMARTS) is 2. The van der Waals surface area contributed by atoms with Gasteiger partial charge in [-0.2, -0.15) is 11.8 Å². The molecule has 0 aliphatic carbocycles. The topological polar surface area (TPSA) is 214 Å². The average molecular weight is 464 g/mol. The number of hydrogen-bond donors (Lipinski definition) is 7. The Balaban J connectivity index is 4.78. The van der Waals surface area contributed by atoms with Gasteiger partial charge in [0.1, 0.15) is 12.1 Å². The first-order valence-electron chi connectivity index (χ1n) is 9.89. The van der Waals surface area contributed by atoms with Crippen LogP contribution in [0, 0.1) is 0 Å². The molecule has 0 fully saturated rings. The summed E-state index contributed by atoms with van der Waals surface area (Å²) in [6, 6.07) is -3.15. The van der Waals surface area contributed by atoms with E-state index in [0.717, 1.165) is 0 Å². The molecule has 3 amide bonds. The zero-order valence-corrected chi connectivity index (χ0v) is 18.4. The first-order valence-corrected chi connectivity index (χ1v) is 11.3. The summed E-state index contributed by atoms with van der Waals surface area (Å²) in [7, 11) is 0. The van der Waals surface area contributed by atoms with Crippen LogP contribution in [0.2, 0.25) is 0 Å². The standard InChI is InChI=1S/C18H33N5O7S/c1-31-9-7-12(17(28)23-13(18(29)30)4-2-3-8-19)22-14(24)10-21-16(27)11(20)5-6-15(25)26/h11-13H,2-10,19-20H2,1H3,(H,21,27)(H,22,24)(H,23,28)(H,25,26)(H,29,30). The van der Waals surface area contributed by atoms with Crippen molar-refractivity contribution in [3.05, 3.63) is 0 Å². The van der Waals surface area contributed by atoms with E-state index in [1.165, 1.54) is 11.8 Å². The summed E-state index contributed by atoms with van der Waals surface area (Å²) in [5, 5.41) is 25.1. The fraction of sp³-hybridized carbons (Fsp3) is 0.722. The molecule has 0 saturated heterocycles. The van der Waals surface area contributed by atoms with Crippen LogP contribution in [-0.4, -0.2) is 83.1 Å². The van der Waals surface area contributed by atoms with Gasteiger partial charge in [0.25, 0.3) is 0 Å². The minimum Gasteiger partial charge on any atom is -0.481 e. The summed E-state index contributed by atoms with van der Waals surface area (Å²) in [5.74, 6) is -3.71. The van der Waals surface area contributed by atoms with E-state index < -0.39 is 54.3 Å². The molecule has 0 heterocycles. The molecular formula is C18H33N5O7S. The summed E-state index contributed by atoms with van der Waals surface area (Å²) in [6.07, 6.45) is 3.09. The first-order chi connectivity index (χ1) is 14.6. The number of thioether (sulfide) groups is 1. The molecule has 0 aromatic carbocycles. The van der Waals surface area contributed by atoms with E-state index in [-0.39, 0.29) is 25.7 Å². The lowest BCUT2D eigenvalue weighted by Gasteiger charge is -2.21. The number of carbonyl (C=O) groups excluding carboxylic acids is 3. The fourth-order valence-corrected chi connectivity index (χ4v) is 2.95. The number of carboxylic acids is 2. The Bertz CT molecular complexity index is 620. The quantitative estimate of drug-likeness (QED) is 0.120. The lowest BCUT2D eigenvalue weighted by Crippen LogP contribution is -2.53. The summed E-state index contributed by atoms with van der Waals surface area (Å²) in [6.45, 7) is -0.0418. The summed E-state index contributed by atoms with van der Waals surface area (Å²) < 4.78 is 0. The fourth-order valence-electron chi connectivity index (χ4n) is 2.48. The van der Waals surface area contributed by atoms with Crippen molar-refractivity contribution in [2.24, 2.45) is 11.5 Å². The van der Waals surface area contributed by atoms with E-state index in [2.05, 4.69) is 16.0 Å². The smallest absolute Gasteiger partial charge is 0.326 e. The monoisotopic (exact) mass is 463 g/mol. The Morgan fingerprint density at radius 3 is 2.16 bits per heavy atom. The van der Waals surface area contributed by atoms with Gasteiger partial charge in [-0.25, -0.2) is 4.79 Å². The number of nitrogens with two attached hydrogens (primary N) is 2. The lowest BCUT2D eigenvalue weighted by molar-refractivity contribution is -0.142. The van der Waals surface area contributed by atoms with Gasteiger partial charge in [-0.3, -0.25) is 19.2 Å². The van der Waals surface area contributed by atoms with Crippen LogP contribution in [0.3, 0.4) is 0 Å². The van der Waals surface area contributed by atoms with E-state index in [1.54, 1.807) is 0 Å². The second-order valence-corrected chi connectivity index (χ2v) is 7.83. The highest BCUT2D eigenvalue weighted by molar-refractivity contribution is 7.98. The van der Waals surface area contributed by atoms with E-state index >= 15 is 0 Å². The van der Waals surface area contributed by atoms with Gasteiger partial charge in [0.2, 0.25) is 17.7 Å². The Kier molecular flexibility index (Phi) is 15.1. The first kappa shape index (κ1) is 28.6. The highest BCUT2D eigenvalue weighted by Crippen LogP contribution is 2.05. The third-order valence-electron chi connectivity index (χ3n) is 4.25. The van der Waals surface area contributed by atoms with Crippen LogP contribution in [0.25, 0.3) is 0 Å². The van der Waals surface area contributed by atoms with Crippen LogP contribution in [-0.2, 0) is 24.0 Å². The molecule has 13 heteroatoms. The maximum Gasteiger partial charge on any atom is 0.326 e. The summed E-state index contributed by atoms with van der Waals surface area (Å²) in [5.41, 5.74) is 11.0. The molecule has 0 radical (unpaired) electrons. The highest BCUT2D eigenvalue weighted by atomic mass is 32.2. The van der Waals surface area contributed by atoms with Crippen molar-refractivity contribution >= 4 is 41.4 Å². The van der Waals surface area contributed by atoms with Crippen molar-refractivity contribution in [1.29, 1.82) is 0 Å². The van der Waals surface area contributed by atoms with Crippen LogP contribution < -0.4 is 27.4 Å². The molecule has 0 bridgehead atoms. The van der Waals surface area contributed by atoms with Crippen LogP contribution >= 0.6 is 11.8 Å². The van der Waals surface area contributed by atoms with E-state index in [9.17, 15) is 29.1 Å². The number of hydrogen-bond acceptors (Lipinski definition) is 8. The van der Waals surface area contributed by atoms with Crippen molar-refractivity contribution in [3.63, 3.8) is 0 Å². The molecule has 31 heavy (non-hydrogen) atoms. The molecule has 0 rings (SSSR count). The Labute approximate surface area is 185 Å². The molecule has 3 unspecified atom stereocenters. The molecule has 0 aliphatic rings. The van der Waals surface area contributed by atoms with Crippen molar-refractivity contribution in [2.75, 3.05) is 25.1 Å². The molecule has 0 aromatic rings. The van der Waals surface area contributed by atoms with Gasteiger partial charge in [0, 0.05) is 6.42 Å². The summed E-state index contributed by atoms with van der Waals surface area (Å²) in [4.78, 5) is 58.5. The average Bonchev–Trinajstić information content (AvgIpc) is 2.72. The SMILES string of the molecule is CSCCC(NC(=O)CNC(=O)C(N)CCC(=O)O)C(=O)NC(CCCCN)C(=O)O. The molecule has 3 atom stereocenters. The maximum atomic E-state index is 12.5. The normalized spacial score (nSPS) is 13.5. The number of aliphatic carboxylic acids is 2. The van der Waals surface area contributed by atoms with Gasteiger partial charge in [0.05, 0.1) is 12.6 Å². The molecule has 0 aliphatic heterocycles.